The first-order valence-corrected chi connectivity index (χ1v) is 5.62. The van der Waals surface area contributed by atoms with Crippen molar-refractivity contribution in [3.8, 4) is 0 Å². The van der Waals surface area contributed by atoms with Gasteiger partial charge in [0.1, 0.15) is 6.73 Å². The summed E-state index contributed by atoms with van der Waals surface area (Å²) < 4.78 is 5.05. The Balaban J connectivity index is 2.67. The Bertz CT molecular complexity index is 311. The predicted octanol–water partition coefficient (Wildman–Crippen LogP) is 2.53. The van der Waals surface area contributed by atoms with Gasteiger partial charge >= 0.3 is 0 Å². The van der Waals surface area contributed by atoms with Crippen LogP contribution in [0.4, 0.5) is 0 Å². The average molecular weight is 221 g/mol. The summed E-state index contributed by atoms with van der Waals surface area (Å²) in [4.78, 5) is 13.8. The summed E-state index contributed by atoms with van der Waals surface area (Å²) in [5.41, 5.74) is 0.718. The minimum absolute atomic E-state index is 0.0379. The molecule has 0 aliphatic rings. The maximum absolute atomic E-state index is 12.1. The highest BCUT2D eigenvalue weighted by Gasteiger charge is 2.13. The largest absolute Gasteiger partial charge is 0.364 e. The van der Waals surface area contributed by atoms with Crippen LogP contribution in [-0.2, 0) is 4.74 Å². The summed E-state index contributed by atoms with van der Waals surface area (Å²) >= 11 is 0. The van der Waals surface area contributed by atoms with Gasteiger partial charge in [-0.2, -0.15) is 0 Å². The quantitative estimate of drug-likeness (QED) is 0.691. The lowest BCUT2D eigenvalue weighted by Gasteiger charge is -2.21. The molecule has 0 radical (unpaired) electrons. The molecular formula is C13H19NO2. The van der Waals surface area contributed by atoms with Crippen LogP contribution in [0.1, 0.15) is 30.1 Å². The summed E-state index contributed by atoms with van der Waals surface area (Å²) in [6, 6.07) is 9.31. The van der Waals surface area contributed by atoms with Crippen molar-refractivity contribution in [2.75, 3.05) is 20.4 Å². The van der Waals surface area contributed by atoms with Crippen LogP contribution in [0.15, 0.2) is 30.3 Å². The van der Waals surface area contributed by atoms with Gasteiger partial charge in [0.15, 0.2) is 0 Å². The zero-order valence-electron chi connectivity index (χ0n) is 9.98. The third-order valence-corrected chi connectivity index (χ3v) is 2.37. The average Bonchev–Trinajstić information content (AvgIpc) is 2.35. The van der Waals surface area contributed by atoms with E-state index < -0.39 is 0 Å². The van der Waals surface area contributed by atoms with Crippen LogP contribution in [0.2, 0.25) is 0 Å². The summed E-state index contributed by atoms with van der Waals surface area (Å²) in [7, 11) is 1.61. The lowest BCUT2D eigenvalue weighted by molar-refractivity contribution is 0.0414. The number of unbranched alkanes of at least 4 members (excludes halogenated alkanes) is 1. The second kappa shape index (κ2) is 7.01. The van der Waals surface area contributed by atoms with Gasteiger partial charge < -0.3 is 9.64 Å². The highest BCUT2D eigenvalue weighted by Crippen LogP contribution is 2.06. The standard InChI is InChI=1S/C13H19NO2/c1-3-4-10-14(11-16-2)13(15)12-8-6-5-7-9-12/h5-9H,3-4,10-11H2,1-2H3. The smallest absolute Gasteiger partial charge is 0.255 e. The number of nitrogens with zero attached hydrogens (tertiary/aromatic N) is 1. The molecule has 0 atom stereocenters. The molecule has 0 saturated heterocycles. The van der Waals surface area contributed by atoms with Gasteiger partial charge in [-0.15, -0.1) is 0 Å². The maximum atomic E-state index is 12.1. The minimum Gasteiger partial charge on any atom is -0.364 e. The molecule has 1 aromatic rings. The van der Waals surface area contributed by atoms with Crippen LogP contribution in [0, 0.1) is 0 Å². The molecule has 0 aliphatic heterocycles. The molecule has 0 fully saturated rings. The molecule has 0 spiro atoms. The van der Waals surface area contributed by atoms with Crippen LogP contribution < -0.4 is 0 Å². The van der Waals surface area contributed by atoms with Gasteiger partial charge in [0.2, 0.25) is 0 Å². The van der Waals surface area contributed by atoms with Crippen LogP contribution in [-0.4, -0.2) is 31.2 Å². The van der Waals surface area contributed by atoms with E-state index in [9.17, 15) is 4.79 Å². The first kappa shape index (κ1) is 12.7. The van der Waals surface area contributed by atoms with Gasteiger partial charge in [0, 0.05) is 19.2 Å². The highest BCUT2D eigenvalue weighted by atomic mass is 16.5. The molecular weight excluding hydrogens is 202 g/mol. The van der Waals surface area contributed by atoms with Crippen molar-refractivity contribution in [1.29, 1.82) is 0 Å². The number of hydrogen-bond donors (Lipinski definition) is 0. The zero-order chi connectivity index (χ0) is 11.8. The number of carbonyl (C=O) groups is 1. The number of rotatable bonds is 6. The number of carbonyl (C=O) groups excluding carboxylic acids is 1. The van der Waals surface area contributed by atoms with Crippen LogP contribution >= 0.6 is 0 Å². The molecule has 0 aliphatic carbocycles. The van der Waals surface area contributed by atoms with E-state index in [4.69, 9.17) is 4.74 Å². The Hall–Kier alpha value is -1.35. The normalized spacial score (nSPS) is 10.1. The lowest BCUT2D eigenvalue weighted by atomic mass is 10.2. The van der Waals surface area contributed by atoms with Gasteiger partial charge in [0.25, 0.3) is 5.91 Å². The maximum Gasteiger partial charge on any atom is 0.255 e. The Labute approximate surface area is 97.0 Å². The van der Waals surface area contributed by atoms with E-state index in [-0.39, 0.29) is 5.91 Å². The van der Waals surface area contributed by atoms with Crippen molar-refractivity contribution in [1.82, 2.24) is 4.90 Å². The topological polar surface area (TPSA) is 29.5 Å². The second-order valence-electron chi connectivity index (χ2n) is 3.71. The fourth-order valence-electron chi connectivity index (χ4n) is 1.49. The molecule has 0 heterocycles. The summed E-state index contributed by atoms with van der Waals surface area (Å²) in [6.45, 7) is 3.21. The van der Waals surface area contributed by atoms with Gasteiger partial charge in [-0.1, -0.05) is 31.5 Å². The molecule has 1 amide bonds. The number of amides is 1. The van der Waals surface area contributed by atoms with Gasteiger partial charge in [0.05, 0.1) is 0 Å². The first-order chi connectivity index (χ1) is 7.79. The number of methoxy groups -OCH3 is 1. The van der Waals surface area contributed by atoms with Crippen molar-refractivity contribution in [3.05, 3.63) is 35.9 Å². The summed E-state index contributed by atoms with van der Waals surface area (Å²) in [6.07, 6.45) is 2.07. The predicted molar refractivity (Wildman–Crippen MR) is 64.3 cm³/mol. The highest BCUT2D eigenvalue weighted by molar-refractivity contribution is 5.94. The number of hydrogen-bond acceptors (Lipinski definition) is 2. The van der Waals surface area contributed by atoms with Crippen molar-refractivity contribution in [2.24, 2.45) is 0 Å². The third-order valence-electron chi connectivity index (χ3n) is 2.37. The van der Waals surface area contributed by atoms with Gasteiger partial charge in [-0.25, -0.2) is 0 Å². The Kier molecular flexibility index (Phi) is 5.57. The lowest BCUT2D eigenvalue weighted by Crippen LogP contribution is -2.33. The van der Waals surface area contributed by atoms with E-state index >= 15 is 0 Å². The molecule has 0 bridgehead atoms. The fourth-order valence-corrected chi connectivity index (χ4v) is 1.49. The van der Waals surface area contributed by atoms with Crippen molar-refractivity contribution in [3.63, 3.8) is 0 Å². The van der Waals surface area contributed by atoms with E-state index in [0.29, 0.717) is 6.73 Å². The Morgan fingerprint density at radius 3 is 2.56 bits per heavy atom. The number of ether oxygens (including phenoxy) is 1. The van der Waals surface area contributed by atoms with E-state index in [2.05, 4.69) is 6.92 Å². The number of benzene rings is 1. The molecule has 1 aromatic carbocycles. The molecule has 1 rings (SSSR count). The fraction of sp³-hybridized carbons (Fsp3) is 0.462. The van der Waals surface area contributed by atoms with E-state index in [1.54, 1.807) is 12.0 Å². The van der Waals surface area contributed by atoms with Crippen LogP contribution in [0.25, 0.3) is 0 Å². The summed E-state index contributed by atoms with van der Waals surface area (Å²) in [5, 5.41) is 0. The van der Waals surface area contributed by atoms with Crippen molar-refractivity contribution >= 4 is 5.91 Å². The summed E-state index contributed by atoms with van der Waals surface area (Å²) in [5.74, 6) is 0.0379. The minimum atomic E-state index is 0.0379. The Morgan fingerprint density at radius 2 is 2.00 bits per heavy atom. The van der Waals surface area contributed by atoms with Crippen LogP contribution in [0.5, 0.6) is 0 Å². The van der Waals surface area contributed by atoms with E-state index in [1.165, 1.54) is 0 Å². The SMILES string of the molecule is CCCCN(COC)C(=O)c1ccccc1. The van der Waals surface area contributed by atoms with Crippen molar-refractivity contribution in [2.45, 2.75) is 19.8 Å². The molecule has 88 valence electrons. The zero-order valence-corrected chi connectivity index (χ0v) is 9.98. The van der Waals surface area contributed by atoms with Crippen molar-refractivity contribution < 1.29 is 9.53 Å². The molecule has 0 saturated carbocycles. The third kappa shape index (κ3) is 3.66. The Morgan fingerprint density at radius 1 is 1.31 bits per heavy atom. The molecule has 0 unspecified atom stereocenters. The van der Waals surface area contributed by atoms with Gasteiger partial charge in [-0.05, 0) is 18.6 Å². The molecule has 16 heavy (non-hydrogen) atoms. The second-order valence-corrected chi connectivity index (χ2v) is 3.71. The molecule has 3 heteroatoms. The monoisotopic (exact) mass is 221 g/mol. The van der Waals surface area contributed by atoms with E-state index in [1.807, 2.05) is 30.3 Å². The first-order valence-electron chi connectivity index (χ1n) is 5.62. The van der Waals surface area contributed by atoms with Crippen LogP contribution in [0.3, 0.4) is 0 Å². The molecule has 0 aromatic heterocycles. The molecule has 3 nitrogen and oxygen atoms in total. The molecule has 0 N–H and O–H groups in total. The van der Waals surface area contributed by atoms with E-state index in [0.717, 1.165) is 24.9 Å². The van der Waals surface area contributed by atoms with Gasteiger partial charge in [-0.3, -0.25) is 4.79 Å².